The molecule has 2 aromatic carbocycles. The summed E-state index contributed by atoms with van der Waals surface area (Å²) in [7, 11) is 1.66. The lowest BCUT2D eigenvalue weighted by Crippen LogP contribution is -2.49. The van der Waals surface area contributed by atoms with Crippen LogP contribution >= 0.6 is 11.3 Å². The molecule has 31 heavy (non-hydrogen) atoms. The first-order chi connectivity index (χ1) is 15.1. The average Bonchev–Trinajstić information content (AvgIpc) is 3.28. The molecule has 4 rings (SSSR count). The first-order valence-electron chi connectivity index (χ1n) is 10.0. The number of ether oxygens (including phenoxy) is 1. The highest BCUT2D eigenvalue weighted by Crippen LogP contribution is 2.26. The number of anilines is 1. The van der Waals surface area contributed by atoms with Gasteiger partial charge in [0.25, 0.3) is 0 Å². The van der Waals surface area contributed by atoms with Gasteiger partial charge in [-0.15, -0.1) is 11.3 Å². The Morgan fingerprint density at radius 1 is 1.13 bits per heavy atom. The number of thiazole rings is 1. The number of methoxy groups -OCH3 is 1. The van der Waals surface area contributed by atoms with E-state index in [-0.39, 0.29) is 6.03 Å². The van der Waals surface area contributed by atoms with E-state index in [2.05, 4.69) is 21.7 Å². The summed E-state index contributed by atoms with van der Waals surface area (Å²) in [6.07, 6.45) is 0. The number of amides is 2. The molecule has 158 valence electrons. The van der Waals surface area contributed by atoms with Crippen LogP contribution < -0.4 is 10.1 Å². The van der Waals surface area contributed by atoms with Gasteiger partial charge < -0.3 is 15.0 Å². The molecular weight excluding hydrogens is 410 g/mol. The largest absolute Gasteiger partial charge is 0.497 e. The topological polar surface area (TPSA) is 81.5 Å². The van der Waals surface area contributed by atoms with Gasteiger partial charge in [-0.1, -0.05) is 0 Å². The molecule has 2 heterocycles. The highest BCUT2D eigenvalue weighted by Gasteiger charge is 2.22. The van der Waals surface area contributed by atoms with Gasteiger partial charge in [-0.2, -0.15) is 5.26 Å². The normalized spacial score (nSPS) is 14.1. The van der Waals surface area contributed by atoms with E-state index in [1.165, 1.54) is 0 Å². The highest BCUT2D eigenvalue weighted by molar-refractivity contribution is 7.13. The van der Waals surface area contributed by atoms with Crippen LogP contribution in [0.5, 0.6) is 5.75 Å². The summed E-state index contributed by atoms with van der Waals surface area (Å²) in [6.45, 7) is 3.71. The van der Waals surface area contributed by atoms with Gasteiger partial charge in [0.15, 0.2) is 0 Å². The molecule has 8 heteroatoms. The zero-order valence-corrected chi connectivity index (χ0v) is 18.1. The number of rotatable bonds is 5. The second kappa shape index (κ2) is 9.60. The SMILES string of the molecule is COc1ccc(-c2nc(CN3CCN(C(=O)Nc4ccc(C#N)cc4)CC3)cs2)cc1. The summed E-state index contributed by atoms with van der Waals surface area (Å²) in [5.74, 6) is 0.835. The quantitative estimate of drug-likeness (QED) is 0.657. The van der Waals surface area contributed by atoms with E-state index < -0.39 is 0 Å². The molecule has 1 aliphatic heterocycles. The number of piperazine rings is 1. The fourth-order valence-corrected chi connectivity index (χ4v) is 4.23. The van der Waals surface area contributed by atoms with Gasteiger partial charge in [-0.3, -0.25) is 4.90 Å². The van der Waals surface area contributed by atoms with Gasteiger partial charge in [0.1, 0.15) is 10.8 Å². The molecule has 0 aliphatic carbocycles. The average molecular weight is 434 g/mol. The van der Waals surface area contributed by atoms with Crippen LogP contribution in [0.15, 0.2) is 53.9 Å². The zero-order valence-electron chi connectivity index (χ0n) is 17.2. The highest BCUT2D eigenvalue weighted by atomic mass is 32.1. The van der Waals surface area contributed by atoms with Crippen molar-refractivity contribution in [2.24, 2.45) is 0 Å². The summed E-state index contributed by atoms with van der Waals surface area (Å²) in [5.41, 5.74) is 3.40. The first-order valence-corrected chi connectivity index (χ1v) is 10.9. The number of hydrogen-bond donors (Lipinski definition) is 1. The summed E-state index contributed by atoms with van der Waals surface area (Å²) in [5, 5.41) is 14.9. The van der Waals surface area contributed by atoms with Crippen LogP contribution in [0.3, 0.4) is 0 Å². The first kappa shape index (κ1) is 20.8. The van der Waals surface area contributed by atoms with Crippen molar-refractivity contribution in [1.29, 1.82) is 5.26 Å². The number of carbonyl (C=O) groups is 1. The van der Waals surface area contributed by atoms with E-state index in [0.717, 1.165) is 41.6 Å². The van der Waals surface area contributed by atoms with E-state index in [4.69, 9.17) is 15.0 Å². The van der Waals surface area contributed by atoms with Gasteiger partial charge in [0, 0.05) is 49.4 Å². The Labute approximate surface area is 185 Å². The number of hydrogen-bond acceptors (Lipinski definition) is 6. The molecule has 1 fully saturated rings. The van der Waals surface area contributed by atoms with Crippen LogP contribution in [0.2, 0.25) is 0 Å². The number of urea groups is 1. The van der Waals surface area contributed by atoms with E-state index in [0.29, 0.717) is 24.3 Å². The predicted molar refractivity (Wildman–Crippen MR) is 121 cm³/mol. The van der Waals surface area contributed by atoms with Crippen molar-refractivity contribution in [1.82, 2.24) is 14.8 Å². The minimum Gasteiger partial charge on any atom is -0.497 e. The van der Waals surface area contributed by atoms with Gasteiger partial charge in [0.2, 0.25) is 0 Å². The fraction of sp³-hybridized carbons (Fsp3) is 0.261. The van der Waals surface area contributed by atoms with Crippen LogP contribution in [-0.2, 0) is 6.54 Å². The molecule has 0 bridgehead atoms. The number of nitrogens with zero attached hydrogens (tertiary/aromatic N) is 4. The maximum absolute atomic E-state index is 12.5. The van der Waals surface area contributed by atoms with Crippen molar-refractivity contribution in [2.45, 2.75) is 6.54 Å². The van der Waals surface area contributed by atoms with E-state index in [1.807, 2.05) is 29.2 Å². The van der Waals surface area contributed by atoms with E-state index in [9.17, 15) is 4.79 Å². The lowest BCUT2D eigenvalue weighted by molar-refractivity contribution is 0.142. The molecule has 0 saturated carbocycles. The van der Waals surface area contributed by atoms with Crippen molar-refractivity contribution >= 4 is 23.1 Å². The Balaban J connectivity index is 1.27. The number of aromatic nitrogens is 1. The van der Waals surface area contributed by atoms with Crippen LogP contribution in [-0.4, -0.2) is 54.1 Å². The maximum Gasteiger partial charge on any atom is 0.321 e. The summed E-state index contributed by atoms with van der Waals surface area (Å²) in [4.78, 5) is 21.4. The second-order valence-corrected chi connectivity index (χ2v) is 8.11. The molecule has 7 nitrogen and oxygen atoms in total. The van der Waals surface area contributed by atoms with Crippen molar-refractivity contribution in [3.05, 3.63) is 65.2 Å². The van der Waals surface area contributed by atoms with Crippen molar-refractivity contribution < 1.29 is 9.53 Å². The molecule has 1 aromatic heterocycles. The molecular formula is C23H23N5O2S. The molecule has 0 spiro atoms. The number of nitriles is 1. The van der Waals surface area contributed by atoms with E-state index in [1.54, 1.807) is 42.7 Å². The molecule has 3 aromatic rings. The smallest absolute Gasteiger partial charge is 0.321 e. The summed E-state index contributed by atoms with van der Waals surface area (Å²) in [6, 6.07) is 16.8. The molecule has 2 amide bonds. The monoisotopic (exact) mass is 433 g/mol. The summed E-state index contributed by atoms with van der Waals surface area (Å²) >= 11 is 1.64. The van der Waals surface area contributed by atoms with Gasteiger partial charge in [-0.05, 0) is 48.5 Å². The molecule has 1 N–H and O–H groups in total. The molecule has 1 saturated heterocycles. The molecule has 0 atom stereocenters. The Kier molecular flexibility index (Phi) is 6.46. The Morgan fingerprint density at radius 2 is 1.84 bits per heavy atom. The third-order valence-corrected chi connectivity index (χ3v) is 6.14. The Bertz CT molecular complexity index is 1060. The minimum absolute atomic E-state index is 0.111. The summed E-state index contributed by atoms with van der Waals surface area (Å²) < 4.78 is 5.21. The Hall–Kier alpha value is -3.41. The van der Waals surface area contributed by atoms with Gasteiger partial charge >= 0.3 is 6.03 Å². The number of nitrogens with one attached hydrogen (secondary N) is 1. The molecule has 1 aliphatic rings. The van der Waals surface area contributed by atoms with Crippen LogP contribution in [0.25, 0.3) is 10.6 Å². The lowest BCUT2D eigenvalue weighted by atomic mass is 10.2. The van der Waals surface area contributed by atoms with Gasteiger partial charge in [0.05, 0.1) is 24.4 Å². The van der Waals surface area contributed by atoms with Gasteiger partial charge in [-0.25, -0.2) is 9.78 Å². The zero-order chi connectivity index (χ0) is 21.6. The van der Waals surface area contributed by atoms with Crippen molar-refractivity contribution in [2.75, 3.05) is 38.6 Å². The second-order valence-electron chi connectivity index (χ2n) is 7.25. The predicted octanol–water partition coefficient (Wildman–Crippen LogP) is 4.04. The number of carbonyl (C=O) groups excluding carboxylic acids is 1. The van der Waals surface area contributed by atoms with Crippen LogP contribution in [0, 0.1) is 11.3 Å². The molecule has 0 unspecified atom stereocenters. The van der Waals surface area contributed by atoms with Crippen LogP contribution in [0.1, 0.15) is 11.3 Å². The van der Waals surface area contributed by atoms with Crippen molar-refractivity contribution in [3.8, 4) is 22.4 Å². The third-order valence-electron chi connectivity index (χ3n) is 5.20. The maximum atomic E-state index is 12.5. The molecule has 0 radical (unpaired) electrons. The lowest BCUT2D eigenvalue weighted by Gasteiger charge is -2.34. The minimum atomic E-state index is -0.111. The van der Waals surface area contributed by atoms with Crippen molar-refractivity contribution in [3.63, 3.8) is 0 Å². The third kappa shape index (κ3) is 5.20. The Morgan fingerprint density at radius 3 is 2.48 bits per heavy atom. The fourth-order valence-electron chi connectivity index (χ4n) is 3.41. The number of benzene rings is 2. The standard InChI is InChI=1S/C23H23N5O2S/c1-30-21-8-4-18(5-9-21)22-25-20(16-31-22)15-27-10-12-28(13-11-27)23(29)26-19-6-2-17(14-24)3-7-19/h2-9,16H,10-13,15H2,1H3,(H,26,29). The van der Waals surface area contributed by atoms with Crippen LogP contribution in [0.4, 0.5) is 10.5 Å². The van der Waals surface area contributed by atoms with E-state index >= 15 is 0 Å².